The molecule has 0 amide bonds. The highest BCUT2D eigenvalue weighted by Crippen LogP contribution is 2.32. The Morgan fingerprint density at radius 1 is 1.07 bits per heavy atom. The second-order valence-corrected chi connectivity index (χ2v) is 5.32. The Morgan fingerprint density at radius 3 is 2.40 bits per heavy atom. The van der Waals surface area contributed by atoms with Gasteiger partial charge in [-0.05, 0) is 63.8 Å². The van der Waals surface area contributed by atoms with E-state index in [1.54, 1.807) is 0 Å². The minimum absolute atomic E-state index is 0.946. The first-order valence-electron chi connectivity index (χ1n) is 6.81. The molecular formula is C13H26N2. The third-order valence-corrected chi connectivity index (χ3v) is 3.94. The van der Waals surface area contributed by atoms with E-state index in [1.807, 2.05) is 0 Å². The average Bonchev–Trinajstić information content (AvgIpc) is 3.09. The van der Waals surface area contributed by atoms with Gasteiger partial charge in [0.1, 0.15) is 0 Å². The number of likely N-dealkylation sites (tertiary alicyclic amines) is 1. The third-order valence-electron chi connectivity index (χ3n) is 3.94. The van der Waals surface area contributed by atoms with Crippen LogP contribution < -0.4 is 5.32 Å². The maximum Gasteiger partial charge on any atom is -0.00156 e. The Balaban J connectivity index is 1.54. The van der Waals surface area contributed by atoms with Gasteiger partial charge in [0, 0.05) is 0 Å². The molecule has 0 aromatic carbocycles. The van der Waals surface area contributed by atoms with Crippen LogP contribution in [0.2, 0.25) is 0 Å². The van der Waals surface area contributed by atoms with Crippen molar-refractivity contribution in [1.29, 1.82) is 0 Å². The van der Waals surface area contributed by atoms with Gasteiger partial charge in [-0.25, -0.2) is 0 Å². The van der Waals surface area contributed by atoms with Crippen molar-refractivity contribution in [2.75, 3.05) is 32.7 Å². The van der Waals surface area contributed by atoms with Crippen LogP contribution in [0.25, 0.3) is 0 Å². The Hall–Kier alpha value is -0.0800. The first kappa shape index (κ1) is 11.4. The lowest BCUT2D eigenvalue weighted by atomic mass is 9.96. The normalized spacial score (nSPS) is 24.6. The molecule has 0 unspecified atom stereocenters. The summed E-state index contributed by atoms with van der Waals surface area (Å²) >= 11 is 0. The van der Waals surface area contributed by atoms with E-state index in [9.17, 15) is 0 Å². The molecule has 0 aromatic rings. The predicted molar refractivity (Wildman–Crippen MR) is 65.0 cm³/mol. The predicted octanol–water partition coefficient (Wildman–Crippen LogP) is 2.11. The molecule has 1 N–H and O–H groups in total. The number of piperidine rings is 1. The first-order valence-corrected chi connectivity index (χ1v) is 6.81. The van der Waals surface area contributed by atoms with Gasteiger partial charge < -0.3 is 10.2 Å². The molecular weight excluding hydrogens is 184 g/mol. The molecule has 88 valence electrons. The van der Waals surface area contributed by atoms with Crippen LogP contribution in [0, 0.1) is 11.8 Å². The van der Waals surface area contributed by atoms with Gasteiger partial charge in [-0.15, -0.1) is 0 Å². The SMILES string of the molecule is CCNCC1CCN(CCC2CC2)CC1. The van der Waals surface area contributed by atoms with Crippen molar-refractivity contribution >= 4 is 0 Å². The molecule has 1 saturated carbocycles. The molecule has 1 aliphatic carbocycles. The van der Waals surface area contributed by atoms with Crippen LogP contribution >= 0.6 is 0 Å². The van der Waals surface area contributed by atoms with Crippen LogP contribution in [-0.4, -0.2) is 37.6 Å². The Labute approximate surface area is 94.4 Å². The lowest BCUT2D eigenvalue weighted by Crippen LogP contribution is -2.37. The van der Waals surface area contributed by atoms with Crippen molar-refractivity contribution in [3.8, 4) is 0 Å². The second-order valence-electron chi connectivity index (χ2n) is 5.32. The van der Waals surface area contributed by atoms with Crippen LogP contribution in [0.1, 0.15) is 39.0 Å². The van der Waals surface area contributed by atoms with Gasteiger partial charge in [-0.2, -0.15) is 0 Å². The topological polar surface area (TPSA) is 15.3 Å². The molecule has 0 atom stereocenters. The highest BCUT2D eigenvalue weighted by atomic mass is 15.1. The Morgan fingerprint density at radius 2 is 1.80 bits per heavy atom. The lowest BCUT2D eigenvalue weighted by molar-refractivity contribution is 0.178. The fraction of sp³-hybridized carbons (Fsp3) is 1.00. The fourth-order valence-electron chi connectivity index (χ4n) is 2.53. The van der Waals surface area contributed by atoms with E-state index in [0.29, 0.717) is 0 Å². The van der Waals surface area contributed by atoms with Crippen LogP contribution in [0.5, 0.6) is 0 Å². The molecule has 15 heavy (non-hydrogen) atoms. The number of hydrogen-bond donors (Lipinski definition) is 1. The number of hydrogen-bond acceptors (Lipinski definition) is 2. The monoisotopic (exact) mass is 210 g/mol. The summed E-state index contributed by atoms with van der Waals surface area (Å²) in [4.78, 5) is 2.68. The summed E-state index contributed by atoms with van der Waals surface area (Å²) in [6, 6.07) is 0. The van der Waals surface area contributed by atoms with Gasteiger partial charge in [0.05, 0.1) is 0 Å². The van der Waals surface area contributed by atoms with Crippen molar-refractivity contribution < 1.29 is 0 Å². The summed E-state index contributed by atoms with van der Waals surface area (Å²) in [7, 11) is 0. The highest BCUT2D eigenvalue weighted by Gasteiger charge is 2.23. The van der Waals surface area contributed by atoms with E-state index in [4.69, 9.17) is 0 Å². The minimum Gasteiger partial charge on any atom is -0.317 e. The Bertz CT molecular complexity index is 169. The van der Waals surface area contributed by atoms with Crippen LogP contribution in [0.3, 0.4) is 0 Å². The van der Waals surface area contributed by atoms with Crippen LogP contribution in [0.15, 0.2) is 0 Å². The van der Waals surface area contributed by atoms with E-state index < -0.39 is 0 Å². The molecule has 0 spiro atoms. The van der Waals surface area contributed by atoms with E-state index in [2.05, 4.69) is 17.1 Å². The molecule has 2 rings (SSSR count). The summed E-state index contributed by atoms with van der Waals surface area (Å²) < 4.78 is 0. The number of rotatable bonds is 6. The van der Waals surface area contributed by atoms with Crippen molar-refractivity contribution in [2.24, 2.45) is 11.8 Å². The van der Waals surface area contributed by atoms with Crippen molar-refractivity contribution in [3.63, 3.8) is 0 Å². The van der Waals surface area contributed by atoms with Gasteiger partial charge >= 0.3 is 0 Å². The molecule has 1 saturated heterocycles. The molecule has 2 aliphatic rings. The summed E-state index contributed by atoms with van der Waals surface area (Å²) in [6.07, 6.45) is 7.32. The average molecular weight is 210 g/mol. The minimum atomic E-state index is 0.946. The second kappa shape index (κ2) is 5.86. The first-order chi connectivity index (χ1) is 7.38. The largest absolute Gasteiger partial charge is 0.317 e. The highest BCUT2D eigenvalue weighted by molar-refractivity contribution is 4.78. The van der Waals surface area contributed by atoms with Gasteiger partial charge in [-0.3, -0.25) is 0 Å². The number of nitrogens with zero attached hydrogens (tertiary/aromatic N) is 1. The van der Waals surface area contributed by atoms with Crippen LogP contribution in [0.4, 0.5) is 0 Å². The molecule has 0 bridgehead atoms. The molecule has 0 radical (unpaired) electrons. The standard InChI is InChI=1S/C13H26N2/c1-2-14-11-13-6-9-15(10-7-13)8-5-12-3-4-12/h12-14H,2-11H2,1H3. The molecule has 1 heterocycles. The van der Waals surface area contributed by atoms with Gasteiger partial charge in [0.2, 0.25) is 0 Å². The van der Waals surface area contributed by atoms with Gasteiger partial charge in [-0.1, -0.05) is 19.8 Å². The van der Waals surface area contributed by atoms with E-state index in [-0.39, 0.29) is 0 Å². The molecule has 1 aliphatic heterocycles. The zero-order chi connectivity index (χ0) is 10.5. The number of nitrogens with one attached hydrogen (secondary N) is 1. The summed E-state index contributed by atoms with van der Waals surface area (Å²) in [5.74, 6) is 2.05. The summed E-state index contributed by atoms with van der Waals surface area (Å²) in [5, 5.41) is 3.47. The zero-order valence-electron chi connectivity index (χ0n) is 10.2. The van der Waals surface area contributed by atoms with Gasteiger partial charge in [0.15, 0.2) is 0 Å². The van der Waals surface area contributed by atoms with Crippen LogP contribution in [-0.2, 0) is 0 Å². The molecule has 2 heteroatoms. The van der Waals surface area contributed by atoms with Crippen molar-refractivity contribution in [3.05, 3.63) is 0 Å². The summed E-state index contributed by atoms with van der Waals surface area (Å²) in [5.41, 5.74) is 0. The quantitative estimate of drug-likeness (QED) is 0.722. The van der Waals surface area contributed by atoms with E-state index in [1.165, 1.54) is 58.3 Å². The molecule has 0 aromatic heterocycles. The maximum absolute atomic E-state index is 3.47. The van der Waals surface area contributed by atoms with Gasteiger partial charge in [0.25, 0.3) is 0 Å². The van der Waals surface area contributed by atoms with E-state index >= 15 is 0 Å². The summed E-state index contributed by atoms with van der Waals surface area (Å²) in [6.45, 7) is 8.64. The zero-order valence-corrected chi connectivity index (χ0v) is 10.2. The molecule has 2 fully saturated rings. The third kappa shape index (κ3) is 4.12. The molecule has 2 nitrogen and oxygen atoms in total. The lowest BCUT2D eigenvalue weighted by Gasteiger charge is -2.32. The van der Waals surface area contributed by atoms with Crippen molar-refractivity contribution in [2.45, 2.75) is 39.0 Å². The smallest absolute Gasteiger partial charge is 0.00156 e. The Kier molecular flexibility index (Phi) is 4.45. The van der Waals surface area contributed by atoms with Crippen molar-refractivity contribution in [1.82, 2.24) is 10.2 Å². The van der Waals surface area contributed by atoms with E-state index in [0.717, 1.165) is 18.4 Å². The maximum atomic E-state index is 3.47. The fourth-order valence-corrected chi connectivity index (χ4v) is 2.53.